The van der Waals surface area contributed by atoms with Gasteiger partial charge in [0.2, 0.25) is 17.7 Å². The zero-order valence-electron chi connectivity index (χ0n) is 20.1. The van der Waals surface area contributed by atoms with Gasteiger partial charge in [-0.05, 0) is 56.0 Å². The predicted molar refractivity (Wildman–Crippen MR) is 140 cm³/mol. The lowest BCUT2D eigenvalue weighted by molar-refractivity contribution is -0.144. The predicted octanol–water partition coefficient (Wildman–Crippen LogP) is 2.94. The fourth-order valence-electron chi connectivity index (χ4n) is 5.02. The lowest BCUT2D eigenvalue weighted by Crippen LogP contribution is -2.58. The summed E-state index contributed by atoms with van der Waals surface area (Å²) in [5.41, 5.74) is 0.794. The fraction of sp³-hybridized carbons (Fsp3) is 0.625. The summed E-state index contributed by atoms with van der Waals surface area (Å²) < 4.78 is 0. The average Bonchev–Trinajstić information content (AvgIpc) is 2.99. The molecule has 7 nitrogen and oxygen atoms in total. The van der Waals surface area contributed by atoms with E-state index in [1.165, 1.54) is 4.90 Å². The number of fused-ring (bicyclic) bond motifs is 2. The zero-order valence-corrected chi connectivity index (χ0v) is 22.6. The van der Waals surface area contributed by atoms with Crippen molar-refractivity contribution in [3.63, 3.8) is 0 Å². The van der Waals surface area contributed by atoms with Gasteiger partial charge in [-0.1, -0.05) is 32.0 Å². The maximum Gasteiger partial charge on any atom is 0.246 e. The molecule has 1 aromatic carbocycles. The Kier molecular flexibility index (Phi) is 8.87. The molecule has 3 N–H and O–H groups in total. The number of hydrogen-bond acceptors (Lipinski definition) is 6. The van der Waals surface area contributed by atoms with Gasteiger partial charge >= 0.3 is 0 Å². The van der Waals surface area contributed by atoms with Gasteiger partial charge in [0.05, 0.1) is 17.5 Å². The van der Waals surface area contributed by atoms with Crippen LogP contribution in [-0.2, 0) is 14.4 Å². The highest BCUT2D eigenvalue weighted by Gasteiger charge is 2.54. The third-order valence-corrected chi connectivity index (χ3v) is 9.34. The molecule has 4 rings (SSSR count). The summed E-state index contributed by atoms with van der Waals surface area (Å²) >= 11 is 3.53. The van der Waals surface area contributed by atoms with Crippen LogP contribution in [-0.4, -0.2) is 64.7 Å². The standard InChI is InChI=1S/C24H34N4O3S2.ClH/c1-14(25-4)21(29)27-17-10-12-33-19-13-24(2,3)20(28(19)23(17)31)22(30)26-16-9-11-32-18-8-6-5-7-15(16)18;/h5-8,14,16-17,19-20,25H,9-13H2,1-4H3,(H,26,30)(H,27,29);1H/t14-,16+,17-,19?,20+;/m0./s1. The molecule has 2 fully saturated rings. The lowest BCUT2D eigenvalue weighted by atomic mass is 9.83. The number of halogens is 1. The molecule has 34 heavy (non-hydrogen) atoms. The zero-order chi connectivity index (χ0) is 23.8. The smallest absolute Gasteiger partial charge is 0.246 e. The van der Waals surface area contributed by atoms with Gasteiger partial charge in [-0.3, -0.25) is 14.4 Å². The van der Waals surface area contributed by atoms with Crippen LogP contribution < -0.4 is 16.0 Å². The molecule has 1 unspecified atom stereocenters. The van der Waals surface area contributed by atoms with E-state index in [-0.39, 0.29) is 53.0 Å². The molecule has 0 spiro atoms. The van der Waals surface area contributed by atoms with E-state index in [4.69, 9.17) is 0 Å². The summed E-state index contributed by atoms with van der Waals surface area (Å²) in [5.74, 6) is 1.28. The number of nitrogens with zero attached hydrogens (tertiary/aromatic N) is 1. The largest absolute Gasteiger partial charge is 0.347 e. The maximum absolute atomic E-state index is 13.7. The minimum atomic E-state index is -0.609. The number of rotatable bonds is 5. The molecule has 5 atom stereocenters. The van der Waals surface area contributed by atoms with Gasteiger partial charge < -0.3 is 20.9 Å². The fourth-order valence-corrected chi connectivity index (χ4v) is 7.72. The Morgan fingerprint density at radius 2 is 1.82 bits per heavy atom. The molecule has 3 heterocycles. The van der Waals surface area contributed by atoms with Gasteiger partial charge in [0.15, 0.2) is 0 Å². The summed E-state index contributed by atoms with van der Waals surface area (Å²) in [4.78, 5) is 42.8. The van der Waals surface area contributed by atoms with E-state index >= 15 is 0 Å². The quantitative estimate of drug-likeness (QED) is 0.546. The maximum atomic E-state index is 13.7. The van der Waals surface area contributed by atoms with Crippen LogP contribution in [0, 0.1) is 5.41 Å². The van der Waals surface area contributed by atoms with Crippen LogP contribution in [0.1, 0.15) is 51.6 Å². The molecular formula is C24H35ClN4O3S2. The average molecular weight is 527 g/mol. The molecule has 3 aliphatic rings. The molecule has 0 saturated carbocycles. The molecule has 1 aromatic rings. The number of benzene rings is 1. The number of thioether (sulfide) groups is 2. The first-order chi connectivity index (χ1) is 15.7. The van der Waals surface area contributed by atoms with Crippen LogP contribution in [0.4, 0.5) is 0 Å². The van der Waals surface area contributed by atoms with Crippen molar-refractivity contribution in [2.24, 2.45) is 5.41 Å². The third-order valence-electron chi connectivity index (χ3n) is 6.96. The van der Waals surface area contributed by atoms with E-state index in [0.717, 1.165) is 29.9 Å². The Balaban J connectivity index is 0.00000324. The van der Waals surface area contributed by atoms with Crippen LogP contribution in [0.3, 0.4) is 0 Å². The molecule has 188 valence electrons. The van der Waals surface area contributed by atoms with Crippen molar-refractivity contribution in [3.8, 4) is 0 Å². The van der Waals surface area contributed by atoms with Gasteiger partial charge in [0.1, 0.15) is 12.1 Å². The minimum absolute atomic E-state index is 0. The molecule has 3 aliphatic heterocycles. The first-order valence-electron chi connectivity index (χ1n) is 11.7. The Labute approximate surface area is 216 Å². The summed E-state index contributed by atoms with van der Waals surface area (Å²) in [6.45, 7) is 5.91. The molecule has 0 aromatic heterocycles. The number of amides is 3. The highest BCUT2D eigenvalue weighted by atomic mass is 35.5. The third kappa shape index (κ3) is 5.37. The number of likely N-dealkylation sites (N-methyl/N-ethyl adjacent to an activating group) is 1. The van der Waals surface area contributed by atoms with Gasteiger partial charge in [0.25, 0.3) is 0 Å². The molecule has 10 heteroatoms. The van der Waals surface area contributed by atoms with Gasteiger partial charge in [-0.2, -0.15) is 0 Å². The number of carbonyl (C=O) groups excluding carboxylic acids is 3. The Morgan fingerprint density at radius 3 is 2.56 bits per heavy atom. The first-order valence-corrected chi connectivity index (χ1v) is 13.7. The van der Waals surface area contributed by atoms with Crippen LogP contribution in [0.2, 0.25) is 0 Å². The van der Waals surface area contributed by atoms with Gasteiger partial charge in [-0.15, -0.1) is 35.9 Å². The molecular weight excluding hydrogens is 492 g/mol. The Morgan fingerprint density at radius 1 is 1.12 bits per heavy atom. The second-order valence-electron chi connectivity index (χ2n) is 9.76. The second-order valence-corrected chi connectivity index (χ2v) is 12.2. The van der Waals surface area contributed by atoms with Crippen LogP contribution in [0.25, 0.3) is 0 Å². The minimum Gasteiger partial charge on any atom is -0.347 e. The van der Waals surface area contributed by atoms with Crippen LogP contribution in [0.5, 0.6) is 0 Å². The van der Waals surface area contributed by atoms with E-state index in [1.807, 2.05) is 23.9 Å². The second kappa shape index (κ2) is 11.1. The Hall–Kier alpha value is -1.42. The number of hydrogen-bond donors (Lipinski definition) is 3. The van der Waals surface area contributed by atoms with Crippen molar-refractivity contribution in [1.82, 2.24) is 20.9 Å². The van der Waals surface area contributed by atoms with E-state index in [1.54, 1.807) is 30.6 Å². The van der Waals surface area contributed by atoms with Crippen LogP contribution >= 0.6 is 35.9 Å². The summed E-state index contributed by atoms with van der Waals surface area (Å²) in [7, 11) is 1.72. The SMILES string of the molecule is CN[C@@H](C)C(=O)N[C@H]1CCSC2CC(C)(C)[C@@H](C(=O)N[C@@H]3CCSc4ccccc43)N2C1=O.Cl. The molecule has 2 saturated heterocycles. The summed E-state index contributed by atoms with van der Waals surface area (Å²) in [5, 5.41) is 9.05. The molecule has 3 amide bonds. The van der Waals surface area contributed by atoms with Crippen molar-refractivity contribution < 1.29 is 14.4 Å². The van der Waals surface area contributed by atoms with Crippen molar-refractivity contribution in [2.45, 2.75) is 74.5 Å². The van der Waals surface area contributed by atoms with Crippen molar-refractivity contribution >= 4 is 53.7 Å². The van der Waals surface area contributed by atoms with E-state index in [9.17, 15) is 14.4 Å². The first kappa shape index (κ1) is 27.2. The van der Waals surface area contributed by atoms with Crippen molar-refractivity contribution in [3.05, 3.63) is 29.8 Å². The summed E-state index contributed by atoms with van der Waals surface area (Å²) in [6.07, 6.45) is 2.19. The topological polar surface area (TPSA) is 90.5 Å². The van der Waals surface area contributed by atoms with Crippen molar-refractivity contribution in [2.75, 3.05) is 18.6 Å². The summed E-state index contributed by atoms with van der Waals surface area (Å²) in [6, 6.07) is 6.60. The number of carbonyl (C=O) groups is 3. The molecule has 0 aliphatic carbocycles. The molecule has 0 bridgehead atoms. The van der Waals surface area contributed by atoms with Gasteiger partial charge in [-0.25, -0.2) is 0 Å². The normalized spacial score (nSPS) is 28.6. The highest BCUT2D eigenvalue weighted by Crippen LogP contribution is 2.46. The van der Waals surface area contributed by atoms with E-state index in [0.29, 0.717) is 6.42 Å². The van der Waals surface area contributed by atoms with E-state index in [2.05, 4.69) is 41.9 Å². The van der Waals surface area contributed by atoms with E-state index < -0.39 is 12.1 Å². The lowest BCUT2D eigenvalue weighted by Gasteiger charge is -2.36. The van der Waals surface area contributed by atoms with Gasteiger partial charge in [0, 0.05) is 10.6 Å². The monoisotopic (exact) mass is 526 g/mol. The molecule has 0 radical (unpaired) electrons. The Bertz CT molecular complexity index is 931. The van der Waals surface area contributed by atoms with Crippen molar-refractivity contribution in [1.29, 1.82) is 0 Å². The number of nitrogens with one attached hydrogen (secondary N) is 3. The van der Waals surface area contributed by atoms with Crippen LogP contribution in [0.15, 0.2) is 29.2 Å². The highest BCUT2D eigenvalue weighted by molar-refractivity contribution is 8.00.